The number of ether oxygens (including phenoxy) is 5. The average molecular weight is 765 g/mol. The minimum atomic E-state index is -1.67. The fourth-order valence-corrected chi connectivity index (χ4v) is 2.31. The maximum Gasteiger partial charge on any atom is 1.00 e. The van der Waals surface area contributed by atoms with Crippen molar-refractivity contribution in [3.63, 3.8) is 0 Å². The van der Waals surface area contributed by atoms with Crippen molar-refractivity contribution in [2.45, 2.75) is 12.5 Å². The summed E-state index contributed by atoms with van der Waals surface area (Å²) in [6, 6.07) is 0. The first-order chi connectivity index (χ1) is 21.6. The average Bonchev–Trinajstić information content (AvgIpc) is 3.09. The smallest absolute Gasteiger partial charge is 1.00 e. The molecule has 0 aliphatic rings. The molecule has 0 atom stereocenters. The van der Waals surface area contributed by atoms with Crippen LogP contribution in [0.3, 0.4) is 0 Å². The Kier molecular flexibility index (Phi) is 31.8. The summed E-state index contributed by atoms with van der Waals surface area (Å²) < 4.78 is 32.7. The zero-order valence-electron chi connectivity index (χ0n) is 26.9. The molecular weight excluding hydrogens is 736 g/mol. The molecule has 4 aromatic heterocycles. The van der Waals surface area contributed by atoms with Gasteiger partial charge in [0, 0.05) is 29.8 Å². The van der Waals surface area contributed by atoms with Crippen molar-refractivity contribution in [1.29, 1.82) is 0 Å². The quantitative estimate of drug-likeness (QED) is 0.0889. The number of hydrogen-bond donors (Lipinski definition) is 1. The van der Waals surface area contributed by atoms with Crippen molar-refractivity contribution in [2.75, 3.05) is 35.5 Å². The number of methoxy groups -OCH3 is 5. The second kappa shape index (κ2) is 30.6. The van der Waals surface area contributed by atoms with Gasteiger partial charge in [0.05, 0.1) is 91.0 Å². The van der Waals surface area contributed by atoms with E-state index in [-0.39, 0.29) is 57.1 Å². The summed E-state index contributed by atoms with van der Waals surface area (Å²) in [5.74, 6) is 3.18. The number of carbonyl (C=O) groups excluding carboxylic acids is 1. The van der Waals surface area contributed by atoms with Gasteiger partial charge < -0.3 is 30.2 Å². The van der Waals surface area contributed by atoms with E-state index in [0.29, 0.717) is 40.5 Å². The van der Waals surface area contributed by atoms with Gasteiger partial charge in [0.2, 0.25) is 20.3 Å². The molecule has 0 saturated carbocycles. The van der Waals surface area contributed by atoms with E-state index in [2.05, 4.69) is 66.0 Å². The Hall–Kier alpha value is -2.68. The number of carbonyl (C=O) groups is 1. The van der Waals surface area contributed by atoms with E-state index in [1.165, 1.54) is 58.5 Å². The number of esters is 1. The molecule has 0 unspecified atom stereocenters. The minimum Gasteiger partial charge on any atom is -1.00 e. The van der Waals surface area contributed by atoms with Crippen molar-refractivity contribution in [3.8, 4) is 23.0 Å². The molecule has 4 rings (SSSR count). The zero-order valence-corrected chi connectivity index (χ0v) is 31.8. The molecule has 0 saturated heterocycles. The Morgan fingerprint density at radius 1 is 0.702 bits per heavy atom. The molecule has 47 heavy (non-hydrogen) atoms. The third-order valence-corrected chi connectivity index (χ3v) is 4.59. The second-order valence-corrected chi connectivity index (χ2v) is 10.0. The first-order valence-electron chi connectivity index (χ1n) is 11.6. The van der Waals surface area contributed by atoms with Crippen LogP contribution < -0.4 is 48.5 Å². The van der Waals surface area contributed by atoms with Gasteiger partial charge in [0.1, 0.15) is 12.4 Å². The van der Waals surface area contributed by atoms with Gasteiger partial charge in [-0.1, -0.05) is 0 Å². The molecule has 0 bridgehead atoms. The van der Waals surface area contributed by atoms with Crippen LogP contribution >= 0.6 is 44.6 Å². The van der Waals surface area contributed by atoms with Gasteiger partial charge >= 0.3 is 35.5 Å². The number of halogens is 4. The van der Waals surface area contributed by atoms with E-state index in [9.17, 15) is 4.79 Å². The summed E-state index contributed by atoms with van der Waals surface area (Å²) in [5.41, 5.74) is 0. The first-order valence-corrected chi connectivity index (χ1v) is 15.3. The number of aliphatic hydroxyl groups is 1. The SMILES string of the molecule is COC(=O)c1ncc(OC)cn1.COc1cnc(CCl)nc1.COc1cnc(CO)nc1.COc1cnc(Cl)nc1.O=S(Cl)Cl.[B].[H-].[Na+]. The van der Waals surface area contributed by atoms with E-state index < -0.39 is 15.2 Å². The van der Waals surface area contributed by atoms with E-state index in [4.69, 9.17) is 51.5 Å². The molecule has 23 heteroatoms. The predicted molar refractivity (Wildman–Crippen MR) is 173 cm³/mol. The van der Waals surface area contributed by atoms with Gasteiger partial charge in [-0.2, -0.15) is 0 Å². The number of hydrogen-bond acceptors (Lipinski definition) is 16. The van der Waals surface area contributed by atoms with Crippen molar-refractivity contribution < 1.29 is 68.8 Å². The number of aromatic nitrogens is 8. The molecule has 4 aromatic rings. The molecule has 0 aliphatic carbocycles. The van der Waals surface area contributed by atoms with E-state index in [1.54, 1.807) is 26.6 Å². The predicted octanol–water partition coefficient (Wildman–Crippen LogP) is 0.390. The second-order valence-electron chi connectivity index (χ2n) is 6.88. The van der Waals surface area contributed by atoms with Crippen LogP contribution in [0.25, 0.3) is 0 Å². The fraction of sp³-hybridized carbons (Fsp3) is 0.292. The molecule has 1 N–H and O–H groups in total. The summed E-state index contributed by atoms with van der Waals surface area (Å²) in [4.78, 5) is 41.0. The Morgan fingerprint density at radius 3 is 1.28 bits per heavy atom. The maximum absolute atomic E-state index is 10.8. The minimum absolute atomic E-state index is 0. The summed E-state index contributed by atoms with van der Waals surface area (Å²) >= 11 is 10.8. The molecule has 0 aliphatic heterocycles. The van der Waals surface area contributed by atoms with Crippen molar-refractivity contribution >= 4 is 68.2 Å². The van der Waals surface area contributed by atoms with Gasteiger partial charge in [-0.25, -0.2) is 48.9 Å². The maximum atomic E-state index is 10.8. The van der Waals surface area contributed by atoms with Crippen LogP contribution in [0.2, 0.25) is 5.28 Å². The molecular formula is C24H29BCl4N8NaO8S. The molecule has 0 spiro atoms. The van der Waals surface area contributed by atoms with Gasteiger partial charge in [0.15, 0.2) is 28.8 Å². The van der Waals surface area contributed by atoms with Crippen LogP contribution in [-0.4, -0.2) is 99.1 Å². The Labute approximate surface area is 318 Å². The number of aliphatic hydroxyl groups excluding tert-OH is 1. The van der Waals surface area contributed by atoms with Gasteiger partial charge in [-0.05, 0) is 11.6 Å². The van der Waals surface area contributed by atoms with Gasteiger partial charge in [-0.15, -0.1) is 11.6 Å². The Morgan fingerprint density at radius 2 is 1.00 bits per heavy atom. The van der Waals surface area contributed by atoms with Crippen LogP contribution in [0.4, 0.5) is 0 Å². The molecule has 0 aromatic carbocycles. The van der Waals surface area contributed by atoms with E-state index >= 15 is 0 Å². The number of nitrogens with zero attached hydrogens (tertiary/aromatic N) is 8. The van der Waals surface area contributed by atoms with Crippen LogP contribution in [0.15, 0.2) is 49.6 Å². The number of alkyl halides is 1. The number of rotatable bonds is 7. The molecule has 4 heterocycles. The third-order valence-electron chi connectivity index (χ3n) is 4.16. The van der Waals surface area contributed by atoms with Crippen LogP contribution in [0.1, 0.15) is 23.7 Å². The third kappa shape index (κ3) is 24.2. The Bertz CT molecular complexity index is 1290. The fourth-order valence-electron chi connectivity index (χ4n) is 2.07. The van der Waals surface area contributed by atoms with Crippen LogP contribution in [-0.2, 0) is 26.5 Å². The normalized spacial score (nSPS) is 8.83. The van der Waals surface area contributed by atoms with Crippen LogP contribution in [0, 0.1) is 0 Å². The molecule has 0 amide bonds. The molecule has 0 fully saturated rings. The molecule has 3 radical (unpaired) electrons. The topological polar surface area (TPSA) is 204 Å². The van der Waals surface area contributed by atoms with Gasteiger partial charge in [-0.3, -0.25) is 0 Å². The van der Waals surface area contributed by atoms with E-state index in [0.717, 1.165) is 0 Å². The van der Waals surface area contributed by atoms with E-state index in [1.807, 2.05) is 0 Å². The standard InChI is InChI=1S/C7H8N2O3.C6H7ClN2O.C6H8N2O2.C5H5ClN2O.B.Cl2OS.Na.H/c1-11-5-3-8-6(9-4-5)7(10)12-2;1-10-5-3-8-6(2-7)9-4-5;1-10-5-2-7-6(4-9)8-3-5;1-9-4-2-7-5(6)8-3-4;;1-4(2)3;;/h3-4H,1-2H3;3-4H,2H2,1H3;2-3,9H,4H2,1H3;2-3H,1H3;;;;/q;;;;;;+1;-1. The zero-order chi connectivity index (χ0) is 34.0. The monoisotopic (exact) mass is 763 g/mol. The summed E-state index contributed by atoms with van der Waals surface area (Å²) in [5, 5.41) is 8.77. The van der Waals surface area contributed by atoms with Crippen molar-refractivity contribution in [1.82, 2.24) is 39.9 Å². The largest absolute Gasteiger partial charge is 1.00 e. The summed E-state index contributed by atoms with van der Waals surface area (Å²) in [6.07, 6.45) is 12.0. The van der Waals surface area contributed by atoms with Crippen molar-refractivity contribution in [2.24, 2.45) is 0 Å². The molecule has 251 valence electrons. The summed E-state index contributed by atoms with van der Waals surface area (Å²) in [7, 11) is 14.8. The van der Waals surface area contributed by atoms with Crippen LogP contribution in [0.5, 0.6) is 23.0 Å². The van der Waals surface area contributed by atoms with Crippen molar-refractivity contribution in [3.05, 3.63) is 72.3 Å². The first kappa shape index (κ1) is 48.7. The van der Waals surface area contributed by atoms with Gasteiger partial charge in [0.25, 0.3) is 0 Å². The Balaban J connectivity index is -0.000000255. The summed E-state index contributed by atoms with van der Waals surface area (Å²) in [6.45, 7) is -0.135. The molecule has 16 nitrogen and oxygen atoms in total.